The summed E-state index contributed by atoms with van der Waals surface area (Å²) in [6.45, 7) is 0. The van der Waals surface area contributed by atoms with Crippen molar-refractivity contribution in [2.75, 3.05) is 0 Å². The lowest BCUT2D eigenvalue weighted by molar-refractivity contribution is 0.368. The quantitative estimate of drug-likeness (QED) is 0.545. The third-order valence-electron chi connectivity index (χ3n) is 3.08. The number of rotatable bonds is 2. The largest absolute Gasteiger partial charge is 0.504 e. The molecule has 0 fully saturated rings. The van der Waals surface area contributed by atoms with E-state index in [0.717, 1.165) is 0 Å². The lowest BCUT2D eigenvalue weighted by atomic mass is 10.1. The number of phenolic OH excluding ortho intramolecular Hbond substituents is 3. The van der Waals surface area contributed by atoms with Crippen molar-refractivity contribution < 1.29 is 19.7 Å². The number of nitrogens with zero attached hydrogens (tertiary/aromatic N) is 1. The summed E-state index contributed by atoms with van der Waals surface area (Å²) in [5.41, 5.74) is 2.08. The van der Waals surface area contributed by atoms with Crippen LogP contribution in [0.4, 0.5) is 4.39 Å². The average Bonchev–Trinajstić information content (AvgIpc) is 2.94. The Labute approximate surface area is 118 Å². The summed E-state index contributed by atoms with van der Waals surface area (Å²) in [4.78, 5) is 0. The molecule has 1 heterocycles. The van der Waals surface area contributed by atoms with Crippen molar-refractivity contribution in [2.45, 2.75) is 0 Å². The highest BCUT2D eigenvalue weighted by Crippen LogP contribution is 2.38. The first kappa shape index (κ1) is 13.0. The molecule has 0 aliphatic carbocycles. The normalized spacial score (nSPS) is 10.7. The fraction of sp³-hybridized carbons (Fsp3) is 0. The predicted molar refractivity (Wildman–Crippen MR) is 74.4 cm³/mol. The number of aromatic hydroxyl groups is 3. The number of aromatic nitrogens is 2. The third-order valence-corrected chi connectivity index (χ3v) is 3.08. The second kappa shape index (κ2) is 4.82. The molecule has 0 saturated heterocycles. The van der Waals surface area contributed by atoms with E-state index in [-0.39, 0.29) is 5.82 Å². The van der Waals surface area contributed by atoms with E-state index in [0.29, 0.717) is 22.5 Å². The minimum absolute atomic E-state index is 0.358. The molecule has 1 aromatic heterocycles. The van der Waals surface area contributed by atoms with E-state index in [4.69, 9.17) is 0 Å². The van der Waals surface area contributed by atoms with Crippen LogP contribution < -0.4 is 0 Å². The van der Waals surface area contributed by atoms with Crippen LogP contribution in [0.15, 0.2) is 42.5 Å². The van der Waals surface area contributed by atoms with Gasteiger partial charge >= 0.3 is 0 Å². The van der Waals surface area contributed by atoms with Gasteiger partial charge in [0.15, 0.2) is 17.2 Å². The maximum absolute atomic E-state index is 13.2. The van der Waals surface area contributed by atoms with Crippen molar-refractivity contribution in [1.82, 2.24) is 10.2 Å². The minimum atomic E-state index is -0.584. The smallest absolute Gasteiger partial charge is 0.200 e. The first-order chi connectivity index (χ1) is 10.0. The van der Waals surface area contributed by atoms with Crippen molar-refractivity contribution in [2.24, 2.45) is 0 Å². The Balaban J connectivity index is 2.02. The monoisotopic (exact) mass is 286 g/mol. The van der Waals surface area contributed by atoms with Gasteiger partial charge in [0, 0.05) is 11.1 Å². The molecule has 106 valence electrons. The van der Waals surface area contributed by atoms with Gasteiger partial charge in [0.05, 0.1) is 11.4 Å². The summed E-state index contributed by atoms with van der Waals surface area (Å²) in [5.74, 6) is -1.83. The van der Waals surface area contributed by atoms with Crippen molar-refractivity contribution in [3.8, 4) is 39.8 Å². The highest BCUT2D eigenvalue weighted by atomic mass is 19.1. The van der Waals surface area contributed by atoms with Gasteiger partial charge < -0.3 is 15.3 Å². The summed E-state index contributed by atoms with van der Waals surface area (Å²) in [7, 11) is 0. The number of benzene rings is 2. The highest BCUT2D eigenvalue weighted by molar-refractivity contribution is 5.71. The Bertz CT molecular complexity index is 791. The van der Waals surface area contributed by atoms with E-state index in [1.54, 1.807) is 18.2 Å². The second-order valence-electron chi connectivity index (χ2n) is 4.54. The molecule has 4 N–H and O–H groups in total. The maximum Gasteiger partial charge on any atom is 0.200 e. The molecule has 0 saturated carbocycles. The molecule has 5 nitrogen and oxygen atoms in total. The number of hydrogen-bond acceptors (Lipinski definition) is 4. The fourth-order valence-corrected chi connectivity index (χ4v) is 2.03. The first-order valence-corrected chi connectivity index (χ1v) is 6.11. The summed E-state index contributed by atoms with van der Waals surface area (Å²) in [6, 6.07) is 10.2. The van der Waals surface area contributed by atoms with Crippen molar-refractivity contribution in [1.29, 1.82) is 0 Å². The van der Waals surface area contributed by atoms with Crippen LogP contribution in [0, 0.1) is 5.82 Å². The van der Waals surface area contributed by atoms with Crippen LogP contribution in [0.2, 0.25) is 0 Å². The molecule has 0 aliphatic rings. The Morgan fingerprint density at radius 1 is 0.905 bits per heavy atom. The molecule has 6 heteroatoms. The number of H-pyrrole nitrogens is 1. The molecule has 2 aromatic carbocycles. The standard InChI is InChI=1S/C15H11FN2O3/c16-10-3-1-2-8(4-10)11-7-12(18-17-11)9-5-13(19)15(21)14(20)6-9/h1-7,19-21H,(H,17,18). The van der Waals surface area contributed by atoms with Gasteiger partial charge in [0.2, 0.25) is 0 Å². The van der Waals surface area contributed by atoms with Crippen LogP contribution >= 0.6 is 0 Å². The van der Waals surface area contributed by atoms with Crippen LogP contribution in [-0.2, 0) is 0 Å². The third kappa shape index (κ3) is 2.38. The predicted octanol–water partition coefficient (Wildman–Crippen LogP) is 3.00. The molecule has 3 rings (SSSR count). The Morgan fingerprint density at radius 3 is 2.29 bits per heavy atom. The molecule has 0 amide bonds. The number of phenols is 3. The van der Waals surface area contributed by atoms with Gasteiger partial charge in [-0.1, -0.05) is 12.1 Å². The minimum Gasteiger partial charge on any atom is -0.504 e. The topological polar surface area (TPSA) is 89.4 Å². The van der Waals surface area contributed by atoms with Gasteiger partial charge in [-0.2, -0.15) is 5.10 Å². The second-order valence-corrected chi connectivity index (χ2v) is 4.54. The Kier molecular flexibility index (Phi) is 2.98. The zero-order valence-electron chi connectivity index (χ0n) is 10.7. The number of aromatic amines is 1. The van der Waals surface area contributed by atoms with Gasteiger partial charge in [-0.3, -0.25) is 5.10 Å². The number of halogens is 1. The van der Waals surface area contributed by atoms with Crippen LogP contribution in [0.3, 0.4) is 0 Å². The van der Waals surface area contributed by atoms with Gasteiger partial charge in [0.1, 0.15) is 5.82 Å². The summed E-state index contributed by atoms with van der Waals surface area (Å²) in [6.07, 6.45) is 0. The summed E-state index contributed by atoms with van der Waals surface area (Å²) in [5, 5.41) is 35.1. The fourth-order valence-electron chi connectivity index (χ4n) is 2.03. The number of nitrogens with one attached hydrogen (secondary N) is 1. The van der Waals surface area contributed by atoms with Crippen molar-refractivity contribution in [3.63, 3.8) is 0 Å². The maximum atomic E-state index is 13.2. The van der Waals surface area contributed by atoms with E-state index in [9.17, 15) is 19.7 Å². The van der Waals surface area contributed by atoms with Crippen molar-refractivity contribution in [3.05, 3.63) is 48.3 Å². The van der Waals surface area contributed by atoms with Crippen molar-refractivity contribution >= 4 is 0 Å². The molecular formula is C15H11FN2O3. The van der Waals surface area contributed by atoms with Crippen LogP contribution in [0.5, 0.6) is 17.2 Å². The molecule has 0 atom stereocenters. The van der Waals surface area contributed by atoms with E-state index < -0.39 is 17.2 Å². The molecule has 0 spiro atoms. The molecule has 0 radical (unpaired) electrons. The molecule has 0 unspecified atom stereocenters. The van der Waals surface area contributed by atoms with E-state index in [1.807, 2.05) is 0 Å². The van der Waals surface area contributed by atoms with Crippen LogP contribution in [0.25, 0.3) is 22.5 Å². The summed E-state index contributed by atoms with van der Waals surface area (Å²) < 4.78 is 13.2. The lowest BCUT2D eigenvalue weighted by Gasteiger charge is -2.03. The summed E-state index contributed by atoms with van der Waals surface area (Å²) >= 11 is 0. The molecule has 21 heavy (non-hydrogen) atoms. The van der Waals surface area contributed by atoms with Gasteiger partial charge in [0.25, 0.3) is 0 Å². The zero-order chi connectivity index (χ0) is 15.0. The van der Waals surface area contributed by atoms with E-state index in [2.05, 4.69) is 10.2 Å². The van der Waals surface area contributed by atoms with E-state index in [1.165, 1.54) is 24.3 Å². The van der Waals surface area contributed by atoms with Gasteiger partial charge in [-0.25, -0.2) is 4.39 Å². The first-order valence-electron chi connectivity index (χ1n) is 6.11. The van der Waals surface area contributed by atoms with Gasteiger partial charge in [-0.05, 0) is 30.3 Å². The lowest BCUT2D eigenvalue weighted by Crippen LogP contribution is -1.79. The molecule has 0 bridgehead atoms. The Morgan fingerprint density at radius 2 is 1.62 bits per heavy atom. The SMILES string of the molecule is Oc1cc(-c2cc(-c3cccc(F)c3)[nH]n2)cc(O)c1O. The molecule has 3 aromatic rings. The average molecular weight is 286 g/mol. The zero-order valence-corrected chi connectivity index (χ0v) is 10.7. The Hall–Kier alpha value is -3.02. The van der Waals surface area contributed by atoms with E-state index >= 15 is 0 Å². The number of hydrogen-bond donors (Lipinski definition) is 4. The highest BCUT2D eigenvalue weighted by Gasteiger charge is 2.12. The van der Waals surface area contributed by atoms with Gasteiger partial charge in [-0.15, -0.1) is 0 Å². The molecule has 0 aliphatic heterocycles. The van der Waals surface area contributed by atoms with Crippen LogP contribution in [-0.4, -0.2) is 25.5 Å². The molecular weight excluding hydrogens is 275 g/mol. The van der Waals surface area contributed by atoms with Crippen LogP contribution in [0.1, 0.15) is 0 Å².